The molecule has 1 amide bonds. The van der Waals surface area contributed by atoms with Gasteiger partial charge in [-0.05, 0) is 42.8 Å². The Morgan fingerprint density at radius 1 is 1.07 bits per heavy atom. The summed E-state index contributed by atoms with van der Waals surface area (Å²) in [5.41, 5.74) is 2.00. The molecule has 0 saturated carbocycles. The topological polar surface area (TPSA) is 93.2 Å². The number of ether oxygens (including phenoxy) is 1. The van der Waals surface area contributed by atoms with Crippen LogP contribution in [0, 0.1) is 0 Å². The van der Waals surface area contributed by atoms with Gasteiger partial charge in [0.1, 0.15) is 5.75 Å². The molecule has 3 aromatic rings. The number of aromatic nitrogens is 2. The highest BCUT2D eigenvalue weighted by Gasteiger charge is 2.09. The van der Waals surface area contributed by atoms with E-state index in [2.05, 4.69) is 10.3 Å². The first kappa shape index (κ1) is 19.4. The summed E-state index contributed by atoms with van der Waals surface area (Å²) in [6, 6.07) is 14.4. The Labute approximate surface area is 162 Å². The third-order valence-corrected chi connectivity index (χ3v) is 4.56. The molecule has 0 aliphatic heterocycles. The highest BCUT2D eigenvalue weighted by atomic mass is 16.5. The Morgan fingerprint density at radius 3 is 2.57 bits per heavy atom. The van der Waals surface area contributed by atoms with Gasteiger partial charge in [-0.15, -0.1) is 0 Å². The first-order valence-corrected chi connectivity index (χ1v) is 9.20. The van der Waals surface area contributed by atoms with E-state index in [1.54, 1.807) is 35.9 Å². The quantitative estimate of drug-likeness (QED) is 0.557. The van der Waals surface area contributed by atoms with E-state index in [1.165, 1.54) is 0 Å². The number of nitrogens with one attached hydrogen (secondary N) is 2. The molecule has 28 heavy (non-hydrogen) atoms. The summed E-state index contributed by atoms with van der Waals surface area (Å²) < 4.78 is 6.67. The monoisotopic (exact) mass is 381 g/mol. The molecule has 2 N–H and O–H groups in total. The second kappa shape index (κ2) is 9.03. The SMILES string of the molecule is COc1ccc(C(=O)CCCC(=O)NCCn2c(=O)[nH]c3ccccc32)cc1. The molecule has 7 heteroatoms. The van der Waals surface area contributed by atoms with Crippen molar-refractivity contribution < 1.29 is 14.3 Å². The Bertz CT molecular complexity index is 1020. The minimum atomic E-state index is -0.194. The molecule has 3 rings (SSSR count). The smallest absolute Gasteiger partial charge is 0.326 e. The van der Waals surface area contributed by atoms with Crippen LogP contribution in [0.1, 0.15) is 29.6 Å². The number of nitrogens with zero attached hydrogens (tertiary/aromatic N) is 1. The molecular formula is C21H23N3O4. The van der Waals surface area contributed by atoms with Crippen LogP contribution in [0.5, 0.6) is 5.75 Å². The van der Waals surface area contributed by atoms with Gasteiger partial charge in [0.25, 0.3) is 0 Å². The lowest BCUT2D eigenvalue weighted by Crippen LogP contribution is -2.29. The molecule has 0 unspecified atom stereocenters. The number of fused-ring (bicyclic) bond motifs is 1. The minimum Gasteiger partial charge on any atom is -0.497 e. The zero-order valence-corrected chi connectivity index (χ0v) is 15.7. The molecule has 0 fully saturated rings. The highest BCUT2D eigenvalue weighted by molar-refractivity contribution is 5.96. The third kappa shape index (κ3) is 4.68. The lowest BCUT2D eigenvalue weighted by atomic mass is 10.1. The van der Waals surface area contributed by atoms with E-state index in [9.17, 15) is 14.4 Å². The van der Waals surface area contributed by atoms with Crippen LogP contribution in [-0.4, -0.2) is 34.9 Å². The lowest BCUT2D eigenvalue weighted by Gasteiger charge is -2.07. The molecule has 7 nitrogen and oxygen atoms in total. The number of H-pyrrole nitrogens is 1. The van der Waals surface area contributed by atoms with Gasteiger partial charge in [0.2, 0.25) is 5.91 Å². The molecule has 0 saturated heterocycles. The van der Waals surface area contributed by atoms with Gasteiger partial charge in [-0.25, -0.2) is 4.79 Å². The summed E-state index contributed by atoms with van der Waals surface area (Å²) in [6.07, 6.45) is 1.05. The van der Waals surface area contributed by atoms with Crippen LogP contribution in [-0.2, 0) is 11.3 Å². The van der Waals surface area contributed by atoms with E-state index in [4.69, 9.17) is 4.74 Å². The predicted molar refractivity (Wildman–Crippen MR) is 107 cm³/mol. The number of para-hydroxylation sites is 2. The number of carbonyl (C=O) groups is 2. The summed E-state index contributed by atoms with van der Waals surface area (Å²) in [5.74, 6) is 0.571. The zero-order chi connectivity index (χ0) is 19.9. The van der Waals surface area contributed by atoms with Crippen LogP contribution in [0.2, 0.25) is 0 Å². The van der Waals surface area contributed by atoms with Gasteiger partial charge in [-0.3, -0.25) is 14.2 Å². The van der Waals surface area contributed by atoms with Crippen molar-refractivity contribution in [3.63, 3.8) is 0 Å². The van der Waals surface area contributed by atoms with Crippen molar-refractivity contribution in [3.8, 4) is 5.75 Å². The largest absolute Gasteiger partial charge is 0.497 e. The fraction of sp³-hybridized carbons (Fsp3) is 0.286. The van der Waals surface area contributed by atoms with E-state index in [0.717, 1.165) is 11.0 Å². The molecular weight excluding hydrogens is 358 g/mol. The summed E-state index contributed by atoms with van der Waals surface area (Å²) in [4.78, 5) is 38.9. The molecule has 1 aromatic heterocycles. The average molecular weight is 381 g/mol. The summed E-state index contributed by atoms with van der Waals surface area (Å²) in [7, 11) is 1.57. The van der Waals surface area contributed by atoms with E-state index in [0.29, 0.717) is 37.2 Å². The van der Waals surface area contributed by atoms with E-state index < -0.39 is 0 Å². The minimum absolute atomic E-state index is 0.000739. The summed E-state index contributed by atoms with van der Waals surface area (Å²) in [5, 5.41) is 2.80. The molecule has 146 valence electrons. The van der Waals surface area contributed by atoms with Gasteiger partial charge < -0.3 is 15.0 Å². The number of aromatic amines is 1. The van der Waals surface area contributed by atoms with Crippen molar-refractivity contribution in [2.45, 2.75) is 25.8 Å². The third-order valence-electron chi connectivity index (χ3n) is 4.56. The maximum Gasteiger partial charge on any atom is 0.326 e. The van der Waals surface area contributed by atoms with Crippen LogP contribution in [0.4, 0.5) is 0 Å². The molecule has 0 aliphatic rings. The number of methoxy groups -OCH3 is 1. The van der Waals surface area contributed by atoms with Crippen LogP contribution >= 0.6 is 0 Å². The van der Waals surface area contributed by atoms with Gasteiger partial charge in [-0.1, -0.05) is 12.1 Å². The van der Waals surface area contributed by atoms with Gasteiger partial charge in [0, 0.05) is 31.5 Å². The summed E-state index contributed by atoms with van der Waals surface area (Å²) >= 11 is 0. The Balaban J connectivity index is 1.41. The normalized spacial score (nSPS) is 10.8. The van der Waals surface area contributed by atoms with Gasteiger partial charge in [0.15, 0.2) is 5.78 Å². The number of rotatable bonds is 9. The summed E-state index contributed by atoms with van der Waals surface area (Å²) in [6.45, 7) is 0.742. The molecule has 0 aliphatic carbocycles. The van der Waals surface area contributed by atoms with Crippen LogP contribution in [0.15, 0.2) is 53.3 Å². The maximum absolute atomic E-state index is 12.1. The molecule has 1 heterocycles. The fourth-order valence-corrected chi connectivity index (χ4v) is 3.06. The number of hydrogen-bond donors (Lipinski definition) is 2. The number of Topliss-reactive ketones (excluding diaryl/α,β-unsaturated/α-hetero) is 1. The zero-order valence-electron chi connectivity index (χ0n) is 15.7. The Morgan fingerprint density at radius 2 is 1.82 bits per heavy atom. The van der Waals surface area contributed by atoms with Crippen LogP contribution in [0.3, 0.4) is 0 Å². The number of hydrogen-bond acceptors (Lipinski definition) is 4. The molecule has 0 bridgehead atoms. The fourth-order valence-electron chi connectivity index (χ4n) is 3.06. The highest BCUT2D eigenvalue weighted by Crippen LogP contribution is 2.14. The van der Waals surface area contributed by atoms with E-state index in [1.807, 2.05) is 24.3 Å². The van der Waals surface area contributed by atoms with Crippen molar-refractivity contribution in [3.05, 3.63) is 64.6 Å². The first-order valence-electron chi connectivity index (χ1n) is 9.20. The maximum atomic E-state index is 12.1. The number of amides is 1. The van der Waals surface area contributed by atoms with Crippen LogP contribution in [0.25, 0.3) is 11.0 Å². The average Bonchev–Trinajstić information content (AvgIpc) is 3.03. The number of carbonyl (C=O) groups excluding carboxylic acids is 2. The van der Waals surface area contributed by atoms with Crippen molar-refractivity contribution in [1.82, 2.24) is 14.9 Å². The van der Waals surface area contributed by atoms with Crippen molar-refractivity contribution in [2.75, 3.05) is 13.7 Å². The van der Waals surface area contributed by atoms with Gasteiger partial charge >= 0.3 is 5.69 Å². The Hall–Kier alpha value is -3.35. The van der Waals surface area contributed by atoms with Crippen LogP contribution < -0.4 is 15.7 Å². The second-order valence-corrected chi connectivity index (χ2v) is 6.45. The molecule has 0 atom stereocenters. The first-order chi connectivity index (χ1) is 13.6. The Kier molecular flexibility index (Phi) is 6.26. The predicted octanol–water partition coefficient (Wildman–Crippen LogP) is 2.51. The van der Waals surface area contributed by atoms with Gasteiger partial charge in [0.05, 0.1) is 18.1 Å². The molecule has 0 radical (unpaired) electrons. The standard InChI is InChI=1S/C21H23N3O4/c1-28-16-11-9-15(10-12-16)19(25)7-4-8-20(26)22-13-14-24-18-6-3-2-5-17(18)23-21(24)27/h2-3,5-6,9-12H,4,7-8,13-14H2,1H3,(H,22,26)(H,23,27). The second-order valence-electron chi connectivity index (χ2n) is 6.45. The van der Waals surface area contributed by atoms with Crippen molar-refractivity contribution in [1.29, 1.82) is 0 Å². The van der Waals surface area contributed by atoms with Gasteiger partial charge in [-0.2, -0.15) is 0 Å². The van der Waals surface area contributed by atoms with Crippen molar-refractivity contribution >= 4 is 22.7 Å². The number of benzene rings is 2. The lowest BCUT2D eigenvalue weighted by molar-refractivity contribution is -0.121. The van der Waals surface area contributed by atoms with E-state index >= 15 is 0 Å². The number of ketones is 1. The molecule has 0 spiro atoms. The molecule has 2 aromatic carbocycles. The van der Waals surface area contributed by atoms with E-state index in [-0.39, 0.29) is 23.8 Å². The number of imidazole rings is 1. The van der Waals surface area contributed by atoms with Crippen molar-refractivity contribution in [2.24, 2.45) is 0 Å².